The van der Waals surface area contributed by atoms with E-state index in [0.717, 1.165) is 4.90 Å². The third-order valence-corrected chi connectivity index (χ3v) is 4.37. The third kappa shape index (κ3) is 3.68. The van der Waals surface area contributed by atoms with Crippen molar-refractivity contribution in [2.24, 2.45) is 0 Å². The monoisotopic (exact) mass is 387 g/mol. The molecule has 0 N–H and O–H groups in total. The second kappa shape index (κ2) is 7.52. The first-order chi connectivity index (χ1) is 14.0. The van der Waals surface area contributed by atoms with Gasteiger partial charge in [0.25, 0.3) is 11.8 Å². The van der Waals surface area contributed by atoms with E-state index in [1.807, 2.05) is 0 Å². The van der Waals surface area contributed by atoms with Gasteiger partial charge in [-0.2, -0.15) is 0 Å². The molecule has 0 aromatic heterocycles. The van der Waals surface area contributed by atoms with E-state index in [0.29, 0.717) is 22.4 Å². The van der Waals surface area contributed by atoms with Crippen molar-refractivity contribution < 1.29 is 23.5 Å². The van der Waals surface area contributed by atoms with Gasteiger partial charge in [0.15, 0.2) is 0 Å². The van der Waals surface area contributed by atoms with Crippen molar-refractivity contribution in [3.05, 3.63) is 101 Å². The van der Waals surface area contributed by atoms with Gasteiger partial charge in [-0.1, -0.05) is 30.3 Å². The number of hydrogen-bond donors (Lipinski definition) is 0. The SMILES string of the molecule is O=C(/C=C/c1ccc(F)cc1)Oc1cccc(N2C(=O)c3ccccc3C2=O)c1. The number of carbonyl (C=O) groups excluding carboxylic acids is 3. The fourth-order valence-electron chi connectivity index (χ4n) is 3.00. The molecule has 2 amide bonds. The molecule has 142 valence electrons. The van der Waals surface area contributed by atoms with Crippen LogP contribution in [0.3, 0.4) is 0 Å². The zero-order valence-electron chi connectivity index (χ0n) is 15.0. The number of rotatable bonds is 4. The lowest BCUT2D eigenvalue weighted by atomic mass is 10.1. The predicted octanol–water partition coefficient (Wildman–Crippen LogP) is 4.25. The molecular formula is C23H14FNO4. The molecule has 0 unspecified atom stereocenters. The highest BCUT2D eigenvalue weighted by Gasteiger charge is 2.36. The van der Waals surface area contributed by atoms with E-state index in [1.165, 1.54) is 42.5 Å². The molecule has 1 aliphatic rings. The fraction of sp³-hybridized carbons (Fsp3) is 0. The van der Waals surface area contributed by atoms with E-state index in [9.17, 15) is 18.8 Å². The predicted molar refractivity (Wildman–Crippen MR) is 105 cm³/mol. The zero-order valence-corrected chi connectivity index (χ0v) is 15.0. The minimum absolute atomic E-state index is 0.188. The number of nitrogens with zero attached hydrogens (tertiary/aromatic N) is 1. The summed E-state index contributed by atoms with van der Waals surface area (Å²) in [6.45, 7) is 0. The topological polar surface area (TPSA) is 63.7 Å². The standard InChI is InChI=1S/C23H14FNO4/c24-16-11-8-15(9-12-16)10-13-21(26)29-18-5-3-4-17(14-18)25-22(27)19-6-1-2-7-20(19)23(25)28/h1-14H/b13-10+. The van der Waals surface area contributed by atoms with Gasteiger partial charge in [0.1, 0.15) is 11.6 Å². The molecule has 0 atom stereocenters. The molecule has 0 saturated carbocycles. The molecule has 3 aromatic rings. The molecule has 0 radical (unpaired) electrons. The van der Waals surface area contributed by atoms with E-state index in [2.05, 4.69) is 0 Å². The zero-order chi connectivity index (χ0) is 20.4. The number of ether oxygens (including phenoxy) is 1. The van der Waals surface area contributed by atoms with Crippen LogP contribution in [0.25, 0.3) is 6.08 Å². The van der Waals surface area contributed by atoms with Crippen LogP contribution in [0, 0.1) is 5.82 Å². The Morgan fingerprint density at radius 1 is 0.862 bits per heavy atom. The molecule has 6 heteroatoms. The summed E-state index contributed by atoms with van der Waals surface area (Å²) < 4.78 is 18.2. The molecule has 0 aliphatic carbocycles. The first-order valence-corrected chi connectivity index (χ1v) is 8.76. The van der Waals surface area contributed by atoms with Gasteiger partial charge < -0.3 is 4.74 Å². The average Bonchev–Trinajstić information content (AvgIpc) is 2.98. The van der Waals surface area contributed by atoms with Crippen LogP contribution in [0.1, 0.15) is 26.3 Å². The first kappa shape index (κ1) is 18.3. The van der Waals surface area contributed by atoms with Crippen LogP contribution >= 0.6 is 0 Å². The largest absolute Gasteiger partial charge is 0.423 e. The summed E-state index contributed by atoms with van der Waals surface area (Å²) in [4.78, 5) is 38.3. The maximum Gasteiger partial charge on any atom is 0.336 e. The molecule has 5 nitrogen and oxygen atoms in total. The number of carbonyl (C=O) groups is 3. The van der Waals surface area contributed by atoms with Gasteiger partial charge in [0, 0.05) is 12.1 Å². The molecular weight excluding hydrogens is 373 g/mol. The second-order valence-electron chi connectivity index (χ2n) is 6.29. The average molecular weight is 387 g/mol. The number of esters is 1. The number of halogens is 1. The van der Waals surface area contributed by atoms with Gasteiger partial charge in [0.05, 0.1) is 16.8 Å². The Labute approximate surface area is 165 Å². The van der Waals surface area contributed by atoms with Crippen LogP contribution in [0.4, 0.5) is 10.1 Å². The Kier molecular flexibility index (Phi) is 4.75. The molecule has 0 fully saturated rings. The van der Waals surface area contributed by atoms with Crippen molar-refractivity contribution in [2.45, 2.75) is 0 Å². The maximum absolute atomic E-state index is 12.9. The van der Waals surface area contributed by atoms with E-state index < -0.39 is 17.8 Å². The van der Waals surface area contributed by atoms with E-state index >= 15 is 0 Å². The summed E-state index contributed by atoms with van der Waals surface area (Å²) in [6, 6.07) is 18.4. The summed E-state index contributed by atoms with van der Waals surface area (Å²) in [5.41, 5.74) is 1.62. The molecule has 1 aliphatic heterocycles. The van der Waals surface area contributed by atoms with Crippen molar-refractivity contribution >= 4 is 29.5 Å². The van der Waals surface area contributed by atoms with Crippen molar-refractivity contribution in [3.63, 3.8) is 0 Å². The minimum Gasteiger partial charge on any atom is -0.423 e. The van der Waals surface area contributed by atoms with Crippen LogP contribution in [-0.4, -0.2) is 17.8 Å². The fourth-order valence-corrected chi connectivity index (χ4v) is 3.00. The minimum atomic E-state index is -0.645. The van der Waals surface area contributed by atoms with Gasteiger partial charge in [-0.05, 0) is 48.0 Å². The van der Waals surface area contributed by atoms with Crippen LogP contribution in [0.15, 0.2) is 78.9 Å². The number of imide groups is 1. The number of amides is 2. The van der Waals surface area contributed by atoms with E-state index in [-0.39, 0.29) is 11.6 Å². The Balaban J connectivity index is 1.51. The number of anilines is 1. The molecule has 0 spiro atoms. The molecule has 0 saturated heterocycles. The second-order valence-corrected chi connectivity index (χ2v) is 6.29. The van der Waals surface area contributed by atoms with Crippen LogP contribution < -0.4 is 9.64 Å². The van der Waals surface area contributed by atoms with E-state index in [1.54, 1.807) is 42.5 Å². The highest BCUT2D eigenvalue weighted by molar-refractivity contribution is 6.34. The lowest BCUT2D eigenvalue weighted by Crippen LogP contribution is -2.29. The molecule has 1 heterocycles. The summed E-state index contributed by atoms with van der Waals surface area (Å²) >= 11 is 0. The summed E-state index contributed by atoms with van der Waals surface area (Å²) in [7, 11) is 0. The Bertz CT molecular complexity index is 1120. The van der Waals surface area contributed by atoms with Crippen molar-refractivity contribution in [1.29, 1.82) is 0 Å². The Morgan fingerprint density at radius 2 is 1.52 bits per heavy atom. The molecule has 29 heavy (non-hydrogen) atoms. The highest BCUT2D eigenvalue weighted by Crippen LogP contribution is 2.30. The van der Waals surface area contributed by atoms with Crippen molar-refractivity contribution in [2.75, 3.05) is 4.90 Å². The van der Waals surface area contributed by atoms with Crippen molar-refractivity contribution in [1.82, 2.24) is 0 Å². The highest BCUT2D eigenvalue weighted by atomic mass is 19.1. The molecule has 0 bridgehead atoms. The lowest BCUT2D eigenvalue weighted by Gasteiger charge is -2.14. The lowest BCUT2D eigenvalue weighted by molar-refractivity contribution is -0.128. The molecule has 4 rings (SSSR count). The number of hydrogen-bond acceptors (Lipinski definition) is 4. The summed E-state index contributed by atoms with van der Waals surface area (Å²) in [5, 5.41) is 0. The van der Waals surface area contributed by atoms with Crippen molar-refractivity contribution in [3.8, 4) is 5.75 Å². The van der Waals surface area contributed by atoms with Gasteiger partial charge in [-0.15, -0.1) is 0 Å². The van der Waals surface area contributed by atoms with Crippen LogP contribution in [-0.2, 0) is 4.79 Å². The Morgan fingerprint density at radius 3 is 2.17 bits per heavy atom. The van der Waals surface area contributed by atoms with E-state index in [4.69, 9.17) is 4.74 Å². The quantitative estimate of drug-likeness (QED) is 0.291. The maximum atomic E-state index is 12.9. The van der Waals surface area contributed by atoms with Crippen LogP contribution in [0.5, 0.6) is 5.75 Å². The van der Waals surface area contributed by atoms with Gasteiger partial charge >= 0.3 is 5.97 Å². The Hall–Kier alpha value is -4.06. The van der Waals surface area contributed by atoms with Gasteiger partial charge in [-0.3, -0.25) is 9.59 Å². The number of benzene rings is 3. The van der Waals surface area contributed by atoms with Gasteiger partial charge in [0.2, 0.25) is 0 Å². The summed E-state index contributed by atoms with van der Waals surface area (Å²) in [5.74, 6) is -1.67. The third-order valence-electron chi connectivity index (χ3n) is 4.37. The molecule has 3 aromatic carbocycles. The van der Waals surface area contributed by atoms with Crippen LogP contribution in [0.2, 0.25) is 0 Å². The van der Waals surface area contributed by atoms with Gasteiger partial charge in [-0.25, -0.2) is 14.1 Å². The summed E-state index contributed by atoms with van der Waals surface area (Å²) in [6.07, 6.45) is 2.71. The normalized spacial score (nSPS) is 13.1. The number of fused-ring (bicyclic) bond motifs is 1. The first-order valence-electron chi connectivity index (χ1n) is 8.76. The smallest absolute Gasteiger partial charge is 0.336 e.